The lowest BCUT2D eigenvalue weighted by Crippen LogP contribution is -2.03. The lowest BCUT2D eigenvalue weighted by atomic mass is 10.1. The summed E-state index contributed by atoms with van der Waals surface area (Å²) in [7, 11) is 0. The Bertz CT molecular complexity index is 463. The summed E-state index contributed by atoms with van der Waals surface area (Å²) in [6.45, 7) is 0.320. The summed E-state index contributed by atoms with van der Waals surface area (Å²) >= 11 is 0. The molecule has 3 nitrogen and oxygen atoms in total. The van der Waals surface area contributed by atoms with Crippen LogP contribution in [0.15, 0.2) is 36.7 Å². The zero-order valence-electron chi connectivity index (χ0n) is 8.84. The molecule has 6 heteroatoms. The molecule has 92 valence electrons. The van der Waals surface area contributed by atoms with Crippen LogP contribution in [0.2, 0.25) is 0 Å². The third-order valence-corrected chi connectivity index (χ3v) is 2.09. The van der Waals surface area contributed by atoms with E-state index in [1.54, 1.807) is 24.5 Å². The van der Waals surface area contributed by atoms with Crippen molar-refractivity contribution in [3.63, 3.8) is 0 Å². The van der Waals surface area contributed by atoms with Gasteiger partial charge >= 0.3 is 0 Å². The second kappa shape index (κ2) is 7.17. The minimum Gasteiger partial charge on any atom is -0.325 e. The monoisotopic (exact) mass is 275 g/mol. The summed E-state index contributed by atoms with van der Waals surface area (Å²) in [6, 6.07) is 6.12. The molecule has 0 radical (unpaired) electrons. The van der Waals surface area contributed by atoms with Crippen LogP contribution >= 0.6 is 24.8 Å². The van der Waals surface area contributed by atoms with Crippen molar-refractivity contribution >= 4 is 24.8 Å². The van der Waals surface area contributed by atoms with E-state index in [4.69, 9.17) is 5.73 Å². The largest absolute Gasteiger partial charge is 0.325 e. The van der Waals surface area contributed by atoms with E-state index < -0.39 is 0 Å². The Labute approximate surface area is 111 Å². The van der Waals surface area contributed by atoms with Gasteiger partial charge in [-0.15, -0.1) is 24.8 Å². The van der Waals surface area contributed by atoms with Crippen LogP contribution in [0.4, 0.5) is 4.39 Å². The van der Waals surface area contributed by atoms with Gasteiger partial charge in [-0.05, 0) is 24.3 Å². The predicted octanol–water partition coefficient (Wildman–Crippen LogP) is 2.58. The standard InChI is InChI=1S/C11H10FN3.2ClH/c12-9-3-1-8(2-4-9)11-10(7-13)14-5-6-15-11;;/h1-6H,7,13H2;2*1H. The quantitative estimate of drug-likeness (QED) is 0.917. The zero-order chi connectivity index (χ0) is 10.7. The van der Waals surface area contributed by atoms with Gasteiger partial charge in [0.2, 0.25) is 0 Å². The molecule has 0 aliphatic heterocycles. The zero-order valence-corrected chi connectivity index (χ0v) is 10.5. The Balaban J connectivity index is 0.00000128. The molecule has 0 fully saturated rings. The first-order valence-electron chi connectivity index (χ1n) is 4.57. The van der Waals surface area contributed by atoms with Crippen LogP contribution in [0, 0.1) is 5.82 Å². The minimum atomic E-state index is -0.267. The first-order chi connectivity index (χ1) is 7.31. The molecule has 17 heavy (non-hydrogen) atoms. The van der Waals surface area contributed by atoms with Gasteiger partial charge in [0.05, 0.1) is 11.4 Å². The summed E-state index contributed by atoms with van der Waals surface area (Å²) in [6.07, 6.45) is 3.19. The Morgan fingerprint density at radius 3 is 2.18 bits per heavy atom. The topological polar surface area (TPSA) is 51.8 Å². The van der Waals surface area contributed by atoms with E-state index in [9.17, 15) is 4.39 Å². The molecule has 2 rings (SSSR count). The molecule has 0 aliphatic carbocycles. The molecule has 0 spiro atoms. The van der Waals surface area contributed by atoms with Gasteiger partial charge in [0.25, 0.3) is 0 Å². The molecule has 1 aromatic carbocycles. The molecule has 2 N–H and O–H groups in total. The van der Waals surface area contributed by atoms with Crippen molar-refractivity contribution in [2.75, 3.05) is 0 Å². The van der Waals surface area contributed by atoms with E-state index in [0.717, 1.165) is 5.56 Å². The Morgan fingerprint density at radius 2 is 1.59 bits per heavy atom. The third-order valence-electron chi connectivity index (χ3n) is 2.09. The van der Waals surface area contributed by atoms with E-state index >= 15 is 0 Å². The highest BCUT2D eigenvalue weighted by Gasteiger charge is 2.05. The fraction of sp³-hybridized carbons (Fsp3) is 0.0909. The van der Waals surface area contributed by atoms with Crippen LogP contribution in [-0.4, -0.2) is 9.97 Å². The maximum Gasteiger partial charge on any atom is 0.123 e. The van der Waals surface area contributed by atoms with Crippen molar-refractivity contribution in [2.45, 2.75) is 6.54 Å². The van der Waals surface area contributed by atoms with Crippen LogP contribution in [0.3, 0.4) is 0 Å². The molecule has 1 aromatic heterocycles. The number of rotatable bonds is 2. The van der Waals surface area contributed by atoms with Gasteiger partial charge in [0.15, 0.2) is 0 Å². The fourth-order valence-corrected chi connectivity index (χ4v) is 1.37. The van der Waals surface area contributed by atoms with Crippen LogP contribution in [0.5, 0.6) is 0 Å². The Hall–Kier alpha value is -1.23. The average Bonchev–Trinajstić information content (AvgIpc) is 2.30. The smallest absolute Gasteiger partial charge is 0.123 e. The van der Waals surface area contributed by atoms with Gasteiger partial charge < -0.3 is 5.73 Å². The van der Waals surface area contributed by atoms with Crippen molar-refractivity contribution in [1.82, 2.24) is 9.97 Å². The number of benzene rings is 1. The highest BCUT2D eigenvalue weighted by Crippen LogP contribution is 2.19. The normalized spacial score (nSPS) is 9.06. The van der Waals surface area contributed by atoms with Crippen molar-refractivity contribution in [2.24, 2.45) is 5.73 Å². The van der Waals surface area contributed by atoms with Crippen molar-refractivity contribution < 1.29 is 4.39 Å². The first kappa shape index (κ1) is 15.8. The van der Waals surface area contributed by atoms with E-state index in [1.165, 1.54) is 12.1 Å². The van der Waals surface area contributed by atoms with Crippen LogP contribution < -0.4 is 5.73 Å². The van der Waals surface area contributed by atoms with E-state index in [-0.39, 0.29) is 30.6 Å². The first-order valence-corrected chi connectivity index (χ1v) is 4.57. The summed E-state index contributed by atoms with van der Waals surface area (Å²) in [5.41, 5.74) is 7.79. The number of nitrogens with two attached hydrogens (primary N) is 1. The van der Waals surface area contributed by atoms with Crippen molar-refractivity contribution in [1.29, 1.82) is 0 Å². The molecule has 0 saturated heterocycles. The van der Waals surface area contributed by atoms with E-state index in [0.29, 0.717) is 17.9 Å². The Morgan fingerprint density at radius 1 is 1.00 bits per heavy atom. The van der Waals surface area contributed by atoms with Gasteiger partial charge in [-0.1, -0.05) is 0 Å². The minimum absolute atomic E-state index is 0. The molecule has 2 aromatic rings. The Kier molecular flexibility index (Phi) is 6.65. The maximum absolute atomic E-state index is 12.7. The van der Waals surface area contributed by atoms with Crippen molar-refractivity contribution in [3.05, 3.63) is 48.2 Å². The predicted molar refractivity (Wildman–Crippen MR) is 69.8 cm³/mol. The number of hydrogen-bond acceptors (Lipinski definition) is 3. The number of halogens is 3. The molecule has 0 amide bonds. The number of aromatic nitrogens is 2. The molecule has 0 saturated carbocycles. The number of nitrogens with zero attached hydrogens (tertiary/aromatic N) is 2. The van der Waals surface area contributed by atoms with Crippen LogP contribution in [0.1, 0.15) is 5.69 Å². The third kappa shape index (κ3) is 3.63. The fourth-order valence-electron chi connectivity index (χ4n) is 1.37. The summed E-state index contributed by atoms with van der Waals surface area (Å²) in [4.78, 5) is 8.30. The maximum atomic E-state index is 12.7. The summed E-state index contributed by atoms with van der Waals surface area (Å²) < 4.78 is 12.7. The second-order valence-electron chi connectivity index (χ2n) is 3.06. The lowest BCUT2D eigenvalue weighted by Gasteiger charge is -2.04. The van der Waals surface area contributed by atoms with Gasteiger partial charge in [-0.25, -0.2) is 4.39 Å². The van der Waals surface area contributed by atoms with E-state index in [2.05, 4.69) is 9.97 Å². The number of hydrogen-bond donors (Lipinski definition) is 1. The van der Waals surface area contributed by atoms with Crippen LogP contribution in [-0.2, 0) is 6.54 Å². The van der Waals surface area contributed by atoms with Gasteiger partial charge in [-0.2, -0.15) is 0 Å². The summed E-state index contributed by atoms with van der Waals surface area (Å²) in [5.74, 6) is -0.267. The molecule has 0 atom stereocenters. The summed E-state index contributed by atoms with van der Waals surface area (Å²) in [5, 5.41) is 0. The highest BCUT2D eigenvalue weighted by molar-refractivity contribution is 5.85. The molecular weight excluding hydrogens is 264 g/mol. The highest BCUT2D eigenvalue weighted by atomic mass is 35.5. The van der Waals surface area contributed by atoms with Crippen molar-refractivity contribution in [3.8, 4) is 11.3 Å². The average molecular weight is 276 g/mol. The second-order valence-corrected chi connectivity index (χ2v) is 3.06. The van der Waals surface area contributed by atoms with E-state index in [1.807, 2.05) is 0 Å². The van der Waals surface area contributed by atoms with Gasteiger partial charge in [-0.3, -0.25) is 9.97 Å². The van der Waals surface area contributed by atoms with Gasteiger partial charge in [0, 0.05) is 24.5 Å². The molecule has 0 bridgehead atoms. The van der Waals surface area contributed by atoms with Crippen LogP contribution in [0.25, 0.3) is 11.3 Å². The molecule has 0 aliphatic rings. The lowest BCUT2D eigenvalue weighted by molar-refractivity contribution is 0.628. The SMILES string of the molecule is Cl.Cl.NCc1nccnc1-c1ccc(F)cc1. The molecule has 0 unspecified atom stereocenters. The van der Waals surface area contributed by atoms with Gasteiger partial charge in [0.1, 0.15) is 5.82 Å². The molecular formula is C11H12Cl2FN3. The molecule has 1 heterocycles.